The summed E-state index contributed by atoms with van der Waals surface area (Å²) in [6, 6.07) is 4.68. The van der Waals surface area contributed by atoms with E-state index in [1.807, 2.05) is 39.8 Å². The predicted molar refractivity (Wildman–Crippen MR) is 80.0 cm³/mol. The normalized spacial score (nSPS) is 11.8. The molecule has 0 aliphatic rings. The van der Waals surface area contributed by atoms with Gasteiger partial charge in [0.25, 0.3) is 5.69 Å². The second-order valence-corrected chi connectivity index (χ2v) is 5.53. The van der Waals surface area contributed by atoms with Crippen LogP contribution in [0.1, 0.15) is 33.3 Å². The van der Waals surface area contributed by atoms with Crippen LogP contribution in [-0.2, 0) is 6.54 Å². The van der Waals surface area contributed by atoms with E-state index >= 15 is 0 Å². The van der Waals surface area contributed by atoms with E-state index in [0.717, 1.165) is 5.56 Å². The fourth-order valence-corrected chi connectivity index (χ4v) is 1.55. The Hall–Kier alpha value is -1.88. The summed E-state index contributed by atoms with van der Waals surface area (Å²) < 4.78 is 5.63. The Balaban J connectivity index is 2.93. The molecule has 0 spiro atoms. The van der Waals surface area contributed by atoms with E-state index in [0.29, 0.717) is 18.9 Å². The molecule has 1 aromatic carbocycles. The molecule has 0 fully saturated rings. The first-order chi connectivity index (χ1) is 9.33. The van der Waals surface area contributed by atoms with E-state index in [1.165, 1.54) is 6.07 Å². The van der Waals surface area contributed by atoms with Crippen molar-refractivity contribution in [3.63, 3.8) is 0 Å². The summed E-state index contributed by atoms with van der Waals surface area (Å²) in [6.07, 6.45) is 3.79. The third kappa shape index (κ3) is 5.40. The molecule has 0 aliphatic heterocycles. The van der Waals surface area contributed by atoms with E-state index in [9.17, 15) is 10.1 Å². The van der Waals surface area contributed by atoms with E-state index in [4.69, 9.17) is 4.74 Å². The van der Waals surface area contributed by atoms with Gasteiger partial charge >= 0.3 is 0 Å². The highest BCUT2D eigenvalue weighted by Gasteiger charge is 2.14. The van der Waals surface area contributed by atoms with Crippen LogP contribution in [0.25, 0.3) is 0 Å². The van der Waals surface area contributed by atoms with Crippen LogP contribution in [0.4, 0.5) is 5.69 Å². The van der Waals surface area contributed by atoms with Crippen molar-refractivity contribution >= 4 is 5.69 Å². The second-order valence-electron chi connectivity index (χ2n) is 5.53. The van der Waals surface area contributed by atoms with Crippen molar-refractivity contribution in [2.45, 2.75) is 39.8 Å². The average molecular weight is 278 g/mol. The van der Waals surface area contributed by atoms with E-state index in [1.54, 1.807) is 12.1 Å². The molecular formula is C15H22N2O3. The van der Waals surface area contributed by atoms with Gasteiger partial charge in [0.15, 0.2) is 0 Å². The fraction of sp³-hybridized carbons (Fsp3) is 0.467. The van der Waals surface area contributed by atoms with Gasteiger partial charge in [-0.3, -0.25) is 10.1 Å². The summed E-state index contributed by atoms with van der Waals surface area (Å²) in [5.74, 6) is 0.672. The molecule has 0 aliphatic carbocycles. The maximum Gasteiger partial charge on any atom is 0.270 e. The SMILES string of the molecule is CC=CCOc1ccc([N+](=O)[O-])cc1CNC(C)(C)C. The zero-order chi connectivity index (χ0) is 15.2. The Morgan fingerprint density at radius 3 is 2.65 bits per heavy atom. The van der Waals surface area contributed by atoms with Crippen molar-refractivity contribution in [1.29, 1.82) is 0 Å². The summed E-state index contributed by atoms with van der Waals surface area (Å²) in [4.78, 5) is 10.5. The molecule has 0 atom stereocenters. The number of nitrogens with zero attached hydrogens (tertiary/aromatic N) is 1. The molecule has 0 bridgehead atoms. The molecule has 110 valence electrons. The Kier molecular flexibility index (Phi) is 5.70. The van der Waals surface area contributed by atoms with E-state index < -0.39 is 4.92 Å². The molecule has 0 saturated heterocycles. The van der Waals surface area contributed by atoms with Gasteiger partial charge in [-0.05, 0) is 33.8 Å². The number of hydrogen-bond donors (Lipinski definition) is 1. The summed E-state index contributed by atoms with van der Waals surface area (Å²) in [5.41, 5.74) is 0.804. The van der Waals surface area contributed by atoms with E-state index in [-0.39, 0.29) is 11.2 Å². The summed E-state index contributed by atoms with van der Waals surface area (Å²) in [5, 5.41) is 14.2. The van der Waals surface area contributed by atoms with Gasteiger partial charge in [0.05, 0.1) is 4.92 Å². The molecule has 0 saturated carbocycles. The van der Waals surface area contributed by atoms with Crippen molar-refractivity contribution in [3.05, 3.63) is 46.0 Å². The predicted octanol–water partition coefficient (Wildman–Crippen LogP) is 3.44. The Morgan fingerprint density at radius 2 is 2.10 bits per heavy atom. The maximum atomic E-state index is 10.9. The lowest BCUT2D eigenvalue weighted by Crippen LogP contribution is -2.35. The van der Waals surface area contributed by atoms with Gasteiger partial charge in [-0.25, -0.2) is 0 Å². The number of non-ortho nitro benzene ring substituents is 1. The monoisotopic (exact) mass is 278 g/mol. The Morgan fingerprint density at radius 1 is 1.40 bits per heavy atom. The van der Waals surface area contributed by atoms with Crippen LogP contribution in [0.3, 0.4) is 0 Å². The van der Waals surface area contributed by atoms with Gasteiger partial charge in [0.1, 0.15) is 12.4 Å². The summed E-state index contributed by atoms with van der Waals surface area (Å²) >= 11 is 0. The van der Waals surface area contributed by atoms with Crippen LogP contribution < -0.4 is 10.1 Å². The van der Waals surface area contributed by atoms with Gasteiger partial charge in [-0.2, -0.15) is 0 Å². The lowest BCUT2D eigenvalue weighted by molar-refractivity contribution is -0.384. The van der Waals surface area contributed by atoms with Crippen LogP contribution in [0.2, 0.25) is 0 Å². The van der Waals surface area contributed by atoms with Gasteiger partial charge in [-0.1, -0.05) is 12.2 Å². The minimum Gasteiger partial charge on any atom is -0.489 e. The Labute approximate surface area is 119 Å². The molecular weight excluding hydrogens is 256 g/mol. The zero-order valence-electron chi connectivity index (χ0n) is 12.5. The molecule has 5 nitrogen and oxygen atoms in total. The minimum atomic E-state index is -0.393. The number of nitro benzene ring substituents is 1. The summed E-state index contributed by atoms with van der Waals surface area (Å²) in [6.45, 7) is 9.04. The zero-order valence-corrected chi connectivity index (χ0v) is 12.5. The first-order valence-corrected chi connectivity index (χ1v) is 6.60. The molecule has 0 radical (unpaired) electrons. The highest BCUT2D eigenvalue weighted by atomic mass is 16.6. The van der Waals surface area contributed by atoms with Crippen LogP contribution in [0.5, 0.6) is 5.75 Å². The Bertz CT molecular complexity index is 490. The van der Waals surface area contributed by atoms with Crippen molar-refractivity contribution in [2.75, 3.05) is 6.61 Å². The molecule has 0 amide bonds. The van der Waals surface area contributed by atoms with Gasteiger partial charge in [-0.15, -0.1) is 0 Å². The van der Waals surface area contributed by atoms with Crippen LogP contribution in [0.15, 0.2) is 30.4 Å². The smallest absolute Gasteiger partial charge is 0.270 e. The molecule has 1 rings (SSSR count). The molecule has 5 heteroatoms. The number of allylic oxidation sites excluding steroid dienone is 1. The molecule has 20 heavy (non-hydrogen) atoms. The lowest BCUT2D eigenvalue weighted by Gasteiger charge is -2.21. The van der Waals surface area contributed by atoms with Crippen molar-refractivity contribution in [1.82, 2.24) is 5.32 Å². The quantitative estimate of drug-likeness (QED) is 0.492. The lowest BCUT2D eigenvalue weighted by atomic mass is 10.1. The minimum absolute atomic E-state index is 0.0643. The molecule has 0 unspecified atom stereocenters. The number of nitro groups is 1. The number of hydrogen-bond acceptors (Lipinski definition) is 4. The van der Waals surface area contributed by atoms with E-state index in [2.05, 4.69) is 5.32 Å². The van der Waals surface area contributed by atoms with Crippen LogP contribution in [0, 0.1) is 10.1 Å². The molecule has 1 N–H and O–H groups in total. The molecule has 0 aromatic heterocycles. The van der Waals surface area contributed by atoms with Crippen molar-refractivity contribution in [3.8, 4) is 5.75 Å². The van der Waals surface area contributed by atoms with Gasteiger partial charge in [0.2, 0.25) is 0 Å². The molecule has 0 heterocycles. The first-order valence-electron chi connectivity index (χ1n) is 6.60. The maximum absolute atomic E-state index is 10.9. The number of ether oxygens (including phenoxy) is 1. The van der Waals surface area contributed by atoms with Gasteiger partial charge < -0.3 is 10.1 Å². The highest BCUT2D eigenvalue weighted by molar-refractivity contribution is 5.44. The number of nitrogens with one attached hydrogen (secondary N) is 1. The van der Waals surface area contributed by atoms with Gasteiger partial charge in [0, 0.05) is 29.8 Å². The number of rotatable bonds is 6. The third-order valence-electron chi connectivity index (χ3n) is 2.63. The van der Waals surface area contributed by atoms with Crippen LogP contribution in [-0.4, -0.2) is 17.1 Å². The van der Waals surface area contributed by atoms with Crippen molar-refractivity contribution < 1.29 is 9.66 Å². The largest absolute Gasteiger partial charge is 0.489 e. The van der Waals surface area contributed by atoms with Crippen LogP contribution >= 0.6 is 0 Å². The standard InChI is InChI=1S/C15H22N2O3/c1-5-6-9-20-14-8-7-13(17(18)19)10-12(14)11-16-15(2,3)4/h5-8,10,16H,9,11H2,1-4H3. The fourth-order valence-electron chi connectivity index (χ4n) is 1.55. The average Bonchev–Trinajstić information content (AvgIpc) is 2.36. The molecule has 1 aromatic rings. The topological polar surface area (TPSA) is 64.4 Å². The second kappa shape index (κ2) is 7.05. The first kappa shape index (κ1) is 16.2. The number of benzene rings is 1. The van der Waals surface area contributed by atoms with Crippen molar-refractivity contribution in [2.24, 2.45) is 0 Å². The highest BCUT2D eigenvalue weighted by Crippen LogP contribution is 2.24. The third-order valence-corrected chi connectivity index (χ3v) is 2.63. The summed E-state index contributed by atoms with van der Waals surface area (Å²) in [7, 11) is 0.